The van der Waals surface area contributed by atoms with Crippen LogP contribution < -0.4 is 5.32 Å². The van der Waals surface area contributed by atoms with Crippen LogP contribution in [0, 0.1) is 0 Å². The zero-order valence-corrected chi connectivity index (χ0v) is 11.4. The molecule has 0 fully saturated rings. The molecule has 2 N–H and O–H groups in total. The Morgan fingerprint density at radius 3 is 2.37 bits per heavy atom. The smallest absolute Gasteiger partial charge is 0.115 e. The van der Waals surface area contributed by atoms with Gasteiger partial charge in [0.1, 0.15) is 5.75 Å². The van der Waals surface area contributed by atoms with Gasteiger partial charge < -0.3 is 15.3 Å². The molecule has 0 unspecified atom stereocenters. The van der Waals surface area contributed by atoms with Gasteiger partial charge in [-0.25, -0.2) is 0 Å². The number of rotatable bonds is 5. The molecule has 3 heteroatoms. The van der Waals surface area contributed by atoms with Crippen LogP contribution in [0.2, 0.25) is 0 Å². The van der Waals surface area contributed by atoms with E-state index in [9.17, 15) is 5.11 Å². The Kier molecular flexibility index (Phi) is 4.42. The zero-order valence-electron chi connectivity index (χ0n) is 11.4. The summed E-state index contributed by atoms with van der Waals surface area (Å²) < 4.78 is 0. The van der Waals surface area contributed by atoms with E-state index in [2.05, 4.69) is 42.5 Å². The summed E-state index contributed by atoms with van der Waals surface area (Å²) in [6.45, 7) is 1.67. The van der Waals surface area contributed by atoms with Crippen molar-refractivity contribution in [2.24, 2.45) is 0 Å². The summed E-state index contributed by atoms with van der Waals surface area (Å²) >= 11 is 0. The largest absolute Gasteiger partial charge is 0.508 e. The van der Waals surface area contributed by atoms with Gasteiger partial charge in [0.25, 0.3) is 0 Å². The van der Waals surface area contributed by atoms with Crippen LogP contribution in [-0.2, 0) is 13.1 Å². The number of aromatic hydroxyl groups is 1. The van der Waals surface area contributed by atoms with E-state index in [-0.39, 0.29) is 0 Å². The maximum absolute atomic E-state index is 9.26. The van der Waals surface area contributed by atoms with E-state index < -0.39 is 0 Å². The highest BCUT2D eigenvalue weighted by molar-refractivity contribution is 5.51. The van der Waals surface area contributed by atoms with Crippen LogP contribution in [0.25, 0.3) is 0 Å². The monoisotopic (exact) mass is 256 g/mol. The molecule has 3 nitrogen and oxygen atoms in total. The number of hydrogen-bond donors (Lipinski definition) is 2. The normalized spacial score (nSPS) is 10.7. The highest BCUT2D eigenvalue weighted by atomic mass is 16.3. The van der Waals surface area contributed by atoms with Crippen LogP contribution in [0.3, 0.4) is 0 Å². The van der Waals surface area contributed by atoms with Crippen LogP contribution in [0.15, 0.2) is 48.5 Å². The number of phenolic OH excluding ortho intramolecular Hbond substituents is 1. The van der Waals surface area contributed by atoms with E-state index in [1.807, 2.05) is 18.2 Å². The van der Waals surface area contributed by atoms with Crippen molar-refractivity contribution in [2.45, 2.75) is 13.1 Å². The van der Waals surface area contributed by atoms with E-state index in [0.717, 1.165) is 24.3 Å². The summed E-state index contributed by atoms with van der Waals surface area (Å²) in [7, 11) is 4.13. The molecule has 2 aromatic carbocycles. The van der Waals surface area contributed by atoms with Gasteiger partial charge in [0.15, 0.2) is 0 Å². The summed E-state index contributed by atoms with van der Waals surface area (Å²) in [4.78, 5) is 2.15. The molecule has 2 aromatic rings. The van der Waals surface area contributed by atoms with Gasteiger partial charge in [-0.05, 0) is 43.4 Å². The van der Waals surface area contributed by atoms with E-state index >= 15 is 0 Å². The quantitative estimate of drug-likeness (QED) is 0.863. The molecule has 0 spiro atoms. The predicted molar refractivity (Wildman–Crippen MR) is 79.3 cm³/mol. The summed E-state index contributed by atoms with van der Waals surface area (Å²) in [5, 5.41) is 12.7. The van der Waals surface area contributed by atoms with E-state index in [0.29, 0.717) is 5.75 Å². The van der Waals surface area contributed by atoms with Crippen LogP contribution >= 0.6 is 0 Å². The lowest BCUT2D eigenvalue weighted by Crippen LogP contribution is -2.12. The van der Waals surface area contributed by atoms with Crippen molar-refractivity contribution in [3.63, 3.8) is 0 Å². The second-order valence-corrected chi connectivity index (χ2v) is 4.91. The number of anilines is 1. The van der Waals surface area contributed by atoms with E-state index in [4.69, 9.17) is 0 Å². The molecule has 0 aliphatic heterocycles. The molecule has 0 bridgehead atoms. The van der Waals surface area contributed by atoms with Gasteiger partial charge in [0, 0.05) is 18.8 Å². The van der Waals surface area contributed by atoms with Crippen molar-refractivity contribution in [3.05, 3.63) is 59.7 Å². The van der Waals surface area contributed by atoms with Crippen molar-refractivity contribution in [3.8, 4) is 5.75 Å². The molecule has 19 heavy (non-hydrogen) atoms. The Morgan fingerprint density at radius 2 is 1.68 bits per heavy atom. The van der Waals surface area contributed by atoms with Gasteiger partial charge in [-0.15, -0.1) is 0 Å². The third-order valence-corrected chi connectivity index (χ3v) is 2.92. The number of nitrogens with one attached hydrogen (secondary N) is 1. The highest BCUT2D eigenvalue weighted by Crippen LogP contribution is 2.18. The first-order valence-electron chi connectivity index (χ1n) is 6.39. The lowest BCUT2D eigenvalue weighted by Gasteiger charge is -2.15. The Balaban J connectivity index is 2.04. The van der Waals surface area contributed by atoms with E-state index in [1.165, 1.54) is 5.56 Å². The molecular formula is C16H20N2O. The minimum Gasteiger partial charge on any atom is -0.508 e. The van der Waals surface area contributed by atoms with Gasteiger partial charge in [-0.3, -0.25) is 0 Å². The maximum Gasteiger partial charge on any atom is 0.115 e. The standard InChI is InChI=1S/C16H20N2O/c1-18(2)12-14-5-3-4-6-16(14)17-11-13-7-9-15(19)10-8-13/h3-10,17,19H,11-12H2,1-2H3. The molecule has 0 aliphatic rings. The number of benzene rings is 2. The van der Waals surface area contributed by atoms with Crippen molar-refractivity contribution in [1.29, 1.82) is 0 Å². The lowest BCUT2D eigenvalue weighted by molar-refractivity contribution is 0.403. The van der Waals surface area contributed by atoms with Crippen LogP contribution in [0.4, 0.5) is 5.69 Å². The Morgan fingerprint density at radius 1 is 1.00 bits per heavy atom. The van der Waals surface area contributed by atoms with Crippen LogP contribution in [0.5, 0.6) is 5.75 Å². The van der Waals surface area contributed by atoms with Crippen molar-refractivity contribution >= 4 is 5.69 Å². The third kappa shape index (κ3) is 4.00. The summed E-state index contributed by atoms with van der Waals surface area (Å²) in [6.07, 6.45) is 0. The Bertz CT molecular complexity index is 521. The molecule has 0 heterocycles. The van der Waals surface area contributed by atoms with Gasteiger partial charge in [0.05, 0.1) is 0 Å². The van der Waals surface area contributed by atoms with Gasteiger partial charge >= 0.3 is 0 Å². The molecule has 0 atom stereocenters. The van der Waals surface area contributed by atoms with Crippen molar-refractivity contribution < 1.29 is 5.11 Å². The second kappa shape index (κ2) is 6.25. The fraction of sp³-hybridized carbons (Fsp3) is 0.250. The average Bonchev–Trinajstić information content (AvgIpc) is 2.39. The average molecular weight is 256 g/mol. The minimum absolute atomic E-state index is 0.303. The highest BCUT2D eigenvalue weighted by Gasteiger charge is 2.02. The molecule has 0 aromatic heterocycles. The maximum atomic E-state index is 9.26. The third-order valence-electron chi connectivity index (χ3n) is 2.92. The molecule has 0 saturated heterocycles. The lowest BCUT2D eigenvalue weighted by atomic mass is 10.1. The fourth-order valence-electron chi connectivity index (χ4n) is 1.98. The fourth-order valence-corrected chi connectivity index (χ4v) is 1.98. The molecule has 0 amide bonds. The summed E-state index contributed by atoms with van der Waals surface area (Å²) in [5.74, 6) is 0.303. The molecule has 0 saturated carbocycles. The van der Waals surface area contributed by atoms with Crippen molar-refractivity contribution in [2.75, 3.05) is 19.4 Å². The van der Waals surface area contributed by atoms with Gasteiger partial charge in [-0.1, -0.05) is 30.3 Å². The van der Waals surface area contributed by atoms with Gasteiger partial charge in [-0.2, -0.15) is 0 Å². The first-order valence-corrected chi connectivity index (χ1v) is 6.39. The number of nitrogens with zero attached hydrogens (tertiary/aromatic N) is 1. The second-order valence-electron chi connectivity index (χ2n) is 4.91. The Hall–Kier alpha value is -2.00. The molecular weight excluding hydrogens is 236 g/mol. The topological polar surface area (TPSA) is 35.5 Å². The predicted octanol–water partition coefficient (Wildman–Crippen LogP) is 3.07. The summed E-state index contributed by atoms with van der Waals surface area (Å²) in [5.41, 5.74) is 3.59. The molecule has 100 valence electrons. The Labute approximate surface area is 114 Å². The molecule has 0 radical (unpaired) electrons. The first kappa shape index (κ1) is 13.4. The summed E-state index contributed by atoms with van der Waals surface area (Å²) in [6, 6.07) is 15.6. The van der Waals surface area contributed by atoms with Gasteiger partial charge in [0.2, 0.25) is 0 Å². The minimum atomic E-state index is 0.303. The molecule has 0 aliphatic carbocycles. The number of phenols is 1. The SMILES string of the molecule is CN(C)Cc1ccccc1NCc1ccc(O)cc1. The van der Waals surface area contributed by atoms with Crippen LogP contribution in [-0.4, -0.2) is 24.1 Å². The number of para-hydroxylation sites is 1. The zero-order chi connectivity index (χ0) is 13.7. The van der Waals surface area contributed by atoms with Crippen molar-refractivity contribution in [1.82, 2.24) is 4.90 Å². The number of hydrogen-bond acceptors (Lipinski definition) is 3. The first-order chi connectivity index (χ1) is 9.15. The molecule has 2 rings (SSSR count). The van der Waals surface area contributed by atoms with E-state index in [1.54, 1.807) is 12.1 Å². The van der Waals surface area contributed by atoms with Crippen LogP contribution in [0.1, 0.15) is 11.1 Å².